The largest absolute Gasteiger partial charge is 0.462 e. The first-order chi connectivity index (χ1) is 15.6. The summed E-state index contributed by atoms with van der Waals surface area (Å²) in [5.74, 6) is -1.18. The van der Waals surface area contributed by atoms with Crippen LogP contribution in [-0.2, 0) is 25.3 Å². The molecule has 33 heavy (non-hydrogen) atoms. The number of ether oxygens (including phenoxy) is 1. The van der Waals surface area contributed by atoms with Crippen molar-refractivity contribution in [3.05, 3.63) is 63.1 Å². The van der Waals surface area contributed by atoms with Gasteiger partial charge in [-0.3, -0.25) is 4.79 Å². The van der Waals surface area contributed by atoms with Crippen molar-refractivity contribution in [2.24, 2.45) is 5.92 Å². The molecule has 0 unspecified atom stereocenters. The van der Waals surface area contributed by atoms with E-state index in [1.54, 1.807) is 50.2 Å². The number of nitrogens with zero attached hydrogens (tertiary/aromatic N) is 1. The van der Waals surface area contributed by atoms with Gasteiger partial charge < -0.3 is 10.1 Å². The molecule has 178 valence electrons. The van der Waals surface area contributed by atoms with Crippen LogP contribution < -0.4 is 5.32 Å². The Morgan fingerprint density at radius 2 is 1.76 bits per heavy atom. The van der Waals surface area contributed by atoms with E-state index < -0.39 is 16.0 Å². The SMILES string of the molecule is CCOC(=O)c1ccc(NC(=O)C2CCN(S(=O)(=O)Cc3c(Cl)cccc3Cl)CC2)c(C)c1. The van der Waals surface area contributed by atoms with Crippen LogP contribution in [0.25, 0.3) is 0 Å². The van der Waals surface area contributed by atoms with Crippen molar-refractivity contribution in [2.75, 3.05) is 25.0 Å². The van der Waals surface area contributed by atoms with Crippen LogP contribution in [0.5, 0.6) is 0 Å². The number of hydrogen-bond donors (Lipinski definition) is 1. The third kappa shape index (κ3) is 6.26. The van der Waals surface area contributed by atoms with E-state index >= 15 is 0 Å². The van der Waals surface area contributed by atoms with Crippen molar-refractivity contribution in [1.82, 2.24) is 4.31 Å². The topological polar surface area (TPSA) is 92.8 Å². The van der Waals surface area contributed by atoms with E-state index in [0.29, 0.717) is 39.7 Å². The molecule has 0 aromatic heterocycles. The van der Waals surface area contributed by atoms with Gasteiger partial charge in [-0.25, -0.2) is 17.5 Å². The van der Waals surface area contributed by atoms with Gasteiger partial charge in [-0.05, 0) is 62.6 Å². The van der Waals surface area contributed by atoms with Crippen LogP contribution in [0.3, 0.4) is 0 Å². The van der Waals surface area contributed by atoms with E-state index in [9.17, 15) is 18.0 Å². The number of halogens is 2. The Balaban J connectivity index is 1.59. The summed E-state index contributed by atoms with van der Waals surface area (Å²) < 4.78 is 32.1. The molecule has 0 saturated carbocycles. The van der Waals surface area contributed by atoms with Crippen LogP contribution in [0.4, 0.5) is 5.69 Å². The van der Waals surface area contributed by atoms with E-state index in [4.69, 9.17) is 27.9 Å². The van der Waals surface area contributed by atoms with Crippen LogP contribution in [0.15, 0.2) is 36.4 Å². The van der Waals surface area contributed by atoms with Crippen molar-refractivity contribution in [1.29, 1.82) is 0 Å². The number of benzene rings is 2. The van der Waals surface area contributed by atoms with Gasteiger partial charge in [0.2, 0.25) is 15.9 Å². The van der Waals surface area contributed by atoms with Crippen molar-refractivity contribution in [2.45, 2.75) is 32.4 Å². The number of sulfonamides is 1. The summed E-state index contributed by atoms with van der Waals surface area (Å²) in [5.41, 5.74) is 2.15. The minimum Gasteiger partial charge on any atom is -0.462 e. The summed E-state index contributed by atoms with van der Waals surface area (Å²) in [5, 5.41) is 3.51. The van der Waals surface area contributed by atoms with E-state index in [1.165, 1.54) is 4.31 Å². The number of hydrogen-bond acceptors (Lipinski definition) is 5. The van der Waals surface area contributed by atoms with Gasteiger partial charge in [-0.2, -0.15) is 0 Å². The van der Waals surface area contributed by atoms with E-state index in [2.05, 4.69) is 5.32 Å². The average molecular weight is 513 g/mol. The molecule has 1 fully saturated rings. The molecule has 0 bridgehead atoms. The Labute approximate surface area is 204 Å². The second-order valence-corrected chi connectivity index (χ2v) is 10.7. The Bertz CT molecular complexity index is 1130. The van der Waals surface area contributed by atoms with E-state index in [-0.39, 0.29) is 37.3 Å². The number of esters is 1. The molecule has 1 N–H and O–H groups in total. The molecular formula is C23H26Cl2N2O5S. The van der Waals surface area contributed by atoms with Gasteiger partial charge >= 0.3 is 5.97 Å². The molecule has 3 rings (SSSR count). The Hall–Kier alpha value is -2.13. The molecule has 1 aliphatic rings. The van der Waals surface area contributed by atoms with Crippen LogP contribution in [0, 0.1) is 12.8 Å². The number of anilines is 1. The van der Waals surface area contributed by atoms with Gasteiger partial charge in [0.1, 0.15) is 0 Å². The van der Waals surface area contributed by atoms with E-state index in [1.807, 2.05) is 0 Å². The van der Waals surface area contributed by atoms with Gasteiger partial charge in [0.15, 0.2) is 0 Å². The molecule has 0 spiro atoms. The molecule has 10 heteroatoms. The quantitative estimate of drug-likeness (QED) is 0.544. The molecule has 1 saturated heterocycles. The summed E-state index contributed by atoms with van der Waals surface area (Å²) in [6.45, 7) is 4.30. The highest BCUT2D eigenvalue weighted by Crippen LogP contribution is 2.29. The van der Waals surface area contributed by atoms with Gasteiger partial charge in [-0.15, -0.1) is 0 Å². The second-order valence-electron chi connectivity index (χ2n) is 7.87. The fraction of sp³-hybridized carbons (Fsp3) is 0.391. The summed E-state index contributed by atoms with van der Waals surface area (Å²) in [7, 11) is -3.62. The molecule has 0 aliphatic carbocycles. The molecule has 7 nitrogen and oxygen atoms in total. The second kappa shape index (κ2) is 10.9. The highest BCUT2D eigenvalue weighted by molar-refractivity contribution is 7.88. The maximum Gasteiger partial charge on any atom is 0.338 e. The third-order valence-corrected chi connectivity index (χ3v) is 8.12. The van der Waals surface area contributed by atoms with Crippen molar-refractivity contribution >= 4 is 50.8 Å². The number of amides is 1. The summed E-state index contributed by atoms with van der Waals surface area (Å²) in [6.07, 6.45) is 0.808. The highest BCUT2D eigenvalue weighted by Gasteiger charge is 2.32. The number of aryl methyl sites for hydroxylation is 1. The Kier molecular flexibility index (Phi) is 8.39. The lowest BCUT2D eigenvalue weighted by Gasteiger charge is -2.31. The minimum atomic E-state index is -3.62. The first kappa shape index (κ1) is 25.5. The highest BCUT2D eigenvalue weighted by atomic mass is 35.5. The number of carbonyl (C=O) groups is 2. The first-order valence-corrected chi connectivity index (χ1v) is 13.0. The molecular weight excluding hydrogens is 487 g/mol. The lowest BCUT2D eigenvalue weighted by molar-refractivity contribution is -0.120. The maximum atomic E-state index is 12.9. The van der Waals surface area contributed by atoms with Gasteiger partial charge in [0, 0.05) is 40.3 Å². The number of nitrogens with one attached hydrogen (secondary N) is 1. The predicted molar refractivity (Wildman–Crippen MR) is 129 cm³/mol. The van der Waals surface area contributed by atoms with Gasteiger partial charge in [0.05, 0.1) is 17.9 Å². The molecule has 0 radical (unpaired) electrons. The molecule has 1 amide bonds. The monoisotopic (exact) mass is 512 g/mol. The van der Waals surface area contributed by atoms with Gasteiger partial charge in [-0.1, -0.05) is 29.3 Å². The van der Waals surface area contributed by atoms with Crippen LogP contribution >= 0.6 is 23.2 Å². The molecule has 1 heterocycles. The molecule has 2 aromatic carbocycles. The average Bonchev–Trinajstić information content (AvgIpc) is 2.78. The normalized spacial score (nSPS) is 15.3. The summed E-state index contributed by atoms with van der Waals surface area (Å²) in [6, 6.07) is 9.83. The Morgan fingerprint density at radius 3 is 2.33 bits per heavy atom. The standard InChI is InChI=1S/C23H26Cl2N2O5S/c1-3-32-23(29)17-7-8-21(15(2)13-17)26-22(28)16-9-11-27(12-10-16)33(30,31)14-18-19(24)5-4-6-20(18)25/h4-8,13,16H,3,9-12,14H2,1-2H3,(H,26,28). The van der Waals surface area contributed by atoms with Gasteiger partial charge in [0.25, 0.3) is 0 Å². The molecule has 2 aromatic rings. The zero-order chi connectivity index (χ0) is 24.2. The van der Waals surface area contributed by atoms with Crippen molar-refractivity contribution in [3.63, 3.8) is 0 Å². The van der Waals surface area contributed by atoms with E-state index in [0.717, 1.165) is 5.56 Å². The lowest BCUT2D eigenvalue weighted by atomic mass is 9.97. The Morgan fingerprint density at radius 1 is 1.12 bits per heavy atom. The molecule has 1 aliphatic heterocycles. The fourth-order valence-electron chi connectivity index (χ4n) is 3.72. The number of piperidine rings is 1. The first-order valence-electron chi connectivity index (χ1n) is 10.6. The zero-order valence-corrected chi connectivity index (χ0v) is 20.8. The summed E-state index contributed by atoms with van der Waals surface area (Å²) in [4.78, 5) is 24.6. The third-order valence-electron chi connectivity index (χ3n) is 5.60. The van der Waals surface area contributed by atoms with Crippen LogP contribution in [-0.4, -0.2) is 44.3 Å². The van der Waals surface area contributed by atoms with Crippen LogP contribution in [0.2, 0.25) is 10.0 Å². The predicted octanol–water partition coefficient (Wildman–Crippen LogP) is 4.66. The lowest BCUT2D eigenvalue weighted by Crippen LogP contribution is -2.42. The van der Waals surface area contributed by atoms with Crippen molar-refractivity contribution < 1.29 is 22.7 Å². The minimum absolute atomic E-state index is 0.173. The van der Waals surface area contributed by atoms with Crippen LogP contribution in [0.1, 0.15) is 41.3 Å². The maximum absolute atomic E-state index is 12.9. The van der Waals surface area contributed by atoms with Crippen molar-refractivity contribution in [3.8, 4) is 0 Å². The smallest absolute Gasteiger partial charge is 0.338 e. The number of rotatable bonds is 7. The number of carbonyl (C=O) groups excluding carboxylic acids is 2. The fourth-order valence-corrected chi connectivity index (χ4v) is 6.04. The summed E-state index contributed by atoms with van der Waals surface area (Å²) >= 11 is 12.3. The zero-order valence-electron chi connectivity index (χ0n) is 18.4. The molecule has 0 atom stereocenters.